The summed E-state index contributed by atoms with van der Waals surface area (Å²) in [5, 5.41) is 7.40. The van der Waals surface area contributed by atoms with Gasteiger partial charge in [-0.15, -0.1) is 0 Å². The highest BCUT2D eigenvalue weighted by molar-refractivity contribution is 6.35. The van der Waals surface area contributed by atoms with Crippen LogP contribution >= 0.6 is 0 Å². The van der Waals surface area contributed by atoms with Gasteiger partial charge in [-0.3, -0.25) is 9.59 Å². The third-order valence-electron chi connectivity index (χ3n) is 5.31. The lowest BCUT2D eigenvalue weighted by Crippen LogP contribution is -2.35. The van der Waals surface area contributed by atoms with Gasteiger partial charge in [-0.25, -0.2) is 20.4 Å². The van der Waals surface area contributed by atoms with Crippen LogP contribution in [-0.2, 0) is 19.1 Å². The van der Waals surface area contributed by atoms with E-state index in [0.717, 1.165) is 0 Å². The molecule has 2 heterocycles. The fraction of sp³-hybridized carbons (Fsp3) is 0.0714. The van der Waals surface area contributed by atoms with Crippen molar-refractivity contribution in [2.75, 3.05) is 14.2 Å². The van der Waals surface area contributed by atoms with Gasteiger partial charge in [-0.05, 0) is 48.5 Å². The van der Waals surface area contributed by atoms with Gasteiger partial charge in [0, 0.05) is 11.1 Å². The molecule has 0 saturated carbocycles. The summed E-state index contributed by atoms with van der Waals surface area (Å²) in [6.45, 7) is 0. The van der Waals surface area contributed by atoms with E-state index in [4.69, 9.17) is 18.3 Å². The average Bonchev–Trinajstić information content (AvgIpc) is 3.66. The van der Waals surface area contributed by atoms with Crippen molar-refractivity contribution in [1.82, 2.24) is 10.9 Å². The lowest BCUT2D eigenvalue weighted by Gasteiger charge is -2.01. The largest absolute Gasteiger partial charge is 0.465 e. The molecule has 4 rings (SSSR count). The summed E-state index contributed by atoms with van der Waals surface area (Å²) in [5.74, 6) is -1.57. The van der Waals surface area contributed by atoms with Gasteiger partial charge >= 0.3 is 23.8 Å². The van der Waals surface area contributed by atoms with Crippen molar-refractivity contribution in [2.24, 2.45) is 10.2 Å². The number of nitrogens with one attached hydrogen (secondary N) is 2. The van der Waals surface area contributed by atoms with Gasteiger partial charge in [-0.1, -0.05) is 24.3 Å². The Morgan fingerprint density at radius 1 is 0.650 bits per heavy atom. The number of hydrogen-bond acceptors (Lipinski definition) is 10. The molecule has 40 heavy (non-hydrogen) atoms. The van der Waals surface area contributed by atoms with Gasteiger partial charge in [0.25, 0.3) is 0 Å². The zero-order valence-corrected chi connectivity index (χ0v) is 21.2. The van der Waals surface area contributed by atoms with Crippen LogP contribution in [0.1, 0.15) is 32.2 Å². The third-order valence-corrected chi connectivity index (χ3v) is 5.31. The van der Waals surface area contributed by atoms with E-state index in [-0.39, 0.29) is 0 Å². The SMILES string of the molecule is COC(=O)c1cccc(-c2ccc(/C=N/NC(=O)C(=O)N/N=C/c3ccc(-c4cccc(C(=O)OC)c4)o3)o2)c1. The first kappa shape index (κ1) is 27.3. The first-order valence-electron chi connectivity index (χ1n) is 11.6. The van der Waals surface area contributed by atoms with Crippen molar-refractivity contribution < 1.29 is 37.5 Å². The zero-order valence-electron chi connectivity index (χ0n) is 21.2. The number of furan rings is 2. The molecule has 0 atom stereocenters. The second kappa shape index (κ2) is 12.6. The molecule has 0 bridgehead atoms. The van der Waals surface area contributed by atoms with Crippen molar-refractivity contribution in [1.29, 1.82) is 0 Å². The van der Waals surface area contributed by atoms with Crippen LogP contribution in [0.15, 0.2) is 91.8 Å². The topological polar surface area (TPSA) is 162 Å². The fourth-order valence-corrected chi connectivity index (χ4v) is 3.40. The first-order chi connectivity index (χ1) is 19.4. The Morgan fingerprint density at radius 2 is 1.07 bits per heavy atom. The molecule has 0 saturated heterocycles. The Hall–Kier alpha value is -5.78. The molecule has 12 heteroatoms. The predicted molar refractivity (Wildman–Crippen MR) is 142 cm³/mol. The fourth-order valence-electron chi connectivity index (χ4n) is 3.40. The van der Waals surface area contributed by atoms with Crippen molar-refractivity contribution in [3.63, 3.8) is 0 Å². The summed E-state index contributed by atoms with van der Waals surface area (Å²) in [6, 6.07) is 19.9. The number of rotatable bonds is 8. The number of hydrazone groups is 2. The van der Waals surface area contributed by atoms with E-state index in [0.29, 0.717) is 45.3 Å². The van der Waals surface area contributed by atoms with Gasteiger partial charge in [-0.2, -0.15) is 10.2 Å². The van der Waals surface area contributed by atoms with Crippen LogP contribution in [0.4, 0.5) is 0 Å². The number of methoxy groups -OCH3 is 2. The Balaban J connectivity index is 1.28. The molecule has 2 N–H and O–H groups in total. The minimum atomic E-state index is -1.06. The Morgan fingerprint density at radius 3 is 1.48 bits per heavy atom. The molecule has 0 unspecified atom stereocenters. The van der Waals surface area contributed by atoms with E-state index < -0.39 is 23.8 Å². The number of esters is 2. The highest BCUT2D eigenvalue weighted by Gasteiger charge is 2.13. The van der Waals surface area contributed by atoms with Crippen LogP contribution in [0.3, 0.4) is 0 Å². The molecular formula is C28H22N4O8. The summed E-state index contributed by atoms with van der Waals surface area (Å²) < 4.78 is 20.7. The van der Waals surface area contributed by atoms with Crippen molar-refractivity contribution in [2.45, 2.75) is 0 Å². The van der Waals surface area contributed by atoms with Gasteiger partial charge in [0.15, 0.2) is 0 Å². The molecule has 2 aromatic heterocycles. The second-order valence-electron chi connectivity index (χ2n) is 7.95. The Bertz CT molecular complexity index is 1500. The number of nitrogens with zero attached hydrogens (tertiary/aromatic N) is 2. The number of hydrogen-bond donors (Lipinski definition) is 2. The summed E-state index contributed by atoms with van der Waals surface area (Å²) in [4.78, 5) is 47.4. The summed E-state index contributed by atoms with van der Waals surface area (Å²) in [5.41, 5.74) is 6.15. The standard InChI is InChI=1S/C28H22N4O8/c1-37-27(35)19-7-3-5-17(13-19)23-11-9-21(39-23)15-29-31-25(33)26(34)32-30-16-22-10-12-24(40-22)18-6-4-8-20(14-18)28(36)38-2/h3-16H,1-2H3,(H,31,33)(H,32,34)/b29-15+,30-16+. The normalized spacial score (nSPS) is 10.9. The number of carbonyl (C=O) groups is 4. The lowest BCUT2D eigenvalue weighted by molar-refractivity contribution is -0.139. The minimum absolute atomic E-state index is 0.294. The molecule has 12 nitrogen and oxygen atoms in total. The van der Waals surface area contributed by atoms with Crippen LogP contribution in [0.25, 0.3) is 22.6 Å². The van der Waals surface area contributed by atoms with Gasteiger partial charge in [0.2, 0.25) is 0 Å². The van der Waals surface area contributed by atoms with E-state index in [2.05, 4.69) is 21.1 Å². The maximum absolute atomic E-state index is 12.0. The molecule has 4 aromatic rings. The minimum Gasteiger partial charge on any atom is -0.465 e. The van der Waals surface area contributed by atoms with E-state index in [1.54, 1.807) is 72.8 Å². The van der Waals surface area contributed by atoms with Crippen molar-refractivity contribution in [3.8, 4) is 22.6 Å². The highest BCUT2D eigenvalue weighted by Crippen LogP contribution is 2.24. The van der Waals surface area contributed by atoms with E-state index in [1.165, 1.54) is 26.6 Å². The van der Waals surface area contributed by atoms with Crippen LogP contribution in [0.5, 0.6) is 0 Å². The summed E-state index contributed by atoms with van der Waals surface area (Å²) >= 11 is 0. The van der Waals surface area contributed by atoms with Crippen molar-refractivity contribution in [3.05, 3.63) is 95.4 Å². The predicted octanol–water partition coefficient (Wildman–Crippen LogP) is 3.38. The zero-order chi connectivity index (χ0) is 28.5. The smallest absolute Gasteiger partial charge is 0.337 e. The van der Waals surface area contributed by atoms with Crippen LogP contribution < -0.4 is 10.9 Å². The molecular weight excluding hydrogens is 520 g/mol. The van der Waals surface area contributed by atoms with Gasteiger partial charge in [0.1, 0.15) is 23.0 Å². The maximum Gasteiger partial charge on any atom is 0.337 e. The number of ether oxygens (including phenoxy) is 2. The number of amides is 2. The lowest BCUT2D eigenvalue weighted by atomic mass is 10.1. The highest BCUT2D eigenvalue weighted by atomic mass is 16.5. The third kappa shape index (κ3) is 6.75. The quantitative estimate of drug-likeness (QED) is 0.148. The molecule has 0 aliphatic rings. The number of carbonyl (C=O) groups excluding carboxylic acids is 4. The van der Waals surface area contributed by atoms with Crippen LogP contribution in [0, 0.1) is 0 Å². The van der Waals surface area contributed by atoms with Gasteiger partial charge in [0.05, 0.1) is 37.8 Å². The molecule has 2 amide bonds. The van der Waals surface area contributed by atoms with Crippen LogP contribution in [0.2, 0.25) is 0 Å². The molecule has 0 radical (unpaired) electrons. The van der Waals surface area contributed by atoms with E-state index in [1.807, 2.05) is 0 Å². The average molecular weight is 543 g/mol. The van der Waals surface area contributed by atoms with E-state index in [9.17, 15) is 19.2 Å². The maximum atomic E-state index is 12.0. The van der Waals surface area contributed by atoms with Crippen molar-refractivity contribution >= 4 is 36.2 Å². The van der Waals surface area contributed by atoms with Gasteiger partial charge < -0.3 is 18.3 Å². The first-order valence-corrected chi connectivity index (χ1v) is 11.6. The van der Waals surface area contributed by atoms with E-state index >= 15 is 0 Å². The second-order valence-corrected chi connectivity index (χ2v) is 7.95. The number of benzene rings is 2. The summed E-state index contributed by atoms with van der Waals surface area (Å²) in [7, 11) is 2.59. The molecule has 202 valence electrons. The molecule has 0 aliphatic heterocycles. The molecule has 2 aromatic carbocycles. The molecule has 0 fully saturated rings. The monoisotopic (exact) mass is 542 g/mol. The Kier molecular flexibility index (Phi) is 8.62. The molecule has 0 spiro atoms. The van der Waals surface area contributed by atoms with Crippen LogP contribution in [-0.4, -0.2) is 50.4 Å². The molecule has 0 aliphatic carbocycles. The summed E-state index contributed by atoms with van der Waals surface area (Å²) in [6.07, 6.45) is 2.42. The Labute approximate surface area is 227 Å².